The summed E-state index contributed by atoms with van der Waals surface area (Å²) in [4.78, 5) is 21.9. The van der Waals surface area contributed by atoms with Gasteiger partial charge in [0.2, 0.25) is 12.2 Å². The molecule has 1 aromatic carbocycles. The molecule has 5 N–H and O–H groups in total. The number of hydrogen-bond donors (Lipinski definition) is 5. The van der Waals surface area contributed by atoms with Crippen molar-refractivity contribution >= 4 is 17.6 Å². The number of rotatable bonds is 4. The quantitative estimate of drug-likeness (QED) is 0.469. The number of anilines is 1. The van der Waals surface area contributed by atoms with Gasteiger partial charge < -0.3 is 35.2 Å². The summed E-state index contributed by atoms with van der Waals surface area (Å²) in [5.74, 6) is -1.51. The highest BCUT2D eigenvalue weighted by Crippen LogP contribution is 2.25. The van der Waals surface area contributed by atoms with Gasteiger partial charge in [-0.3, -0.25) is 4.79 Å². The summed E-state index contributed by atoms with van der Waals surface area (Å²) in [6.45, 7) is 1.36. The van der Waals surface area contributed by atoms with Crippen LogP contribution in [0.3, 0.4) is 0 Å². The second kappa shape index (κ2) is 6.92. The summed E-state index contributed by atoms with van der Waals surface area (Å²) in [5.41, 5.74) is 0.522. The third-order valence-corrected chi connectivity index (χ3v) is 3.24. The van der Waals surface area contributed by atoms with Crippen molar-refractivity contribution in [2.75, 3.05) is 5.32 Å². The van der Waals surface area contributed by atoms with Gasteiger partial charge in [0, 0.05) is 12.6 Å². The van der Waals surface area contributed by atoms with E-state index in [2.05, 4.69) is 5.32 Å². The first-order chi connectivity index (χ1) is 10.8. The molecule has 1 fully saturated rings. The number of aliphatic hydroxyl groups excluding tert-OH is 3. The van der Waals surface area contributed by atoms with Crippen LogP contribution in [0.5, 0.6) is 5.75 Å². The molecule has 0 saturated carbocycles. The summed E-state index contributed by atoms with van der Waals surface area (Å²) < 4.78 is 10.3. The van der Waals surface area contributed by atoms with E-state index in [1.165, 1.54) is 31.2 Å². The molecule has 1 saturated heterocycles. The van der Waals surface area contributed by atoms with E-state index in [1.807, 2.05) is 0 Å². The first kappa shape index (κ1) is 17.2. The average Bonchev–Trinajstić information content (AvgIpc) is 2.48. The van der Waals surface area contributed by atoms with Crippen molar-refractivity contribution in [2.24, 2.45) is 0 Å². The third kappa shape index (κ3) is 3.96. The summed E-state index contributed by atoms with van der Waals surface area (Å²) in [6.07, 6.45) is -8.33. The molecule has 23 heavy (non-hydrogen) atoms. The van der Waals surface area contributed by atoms with Gasteiger partial charge in [-0.25, -0.2) is 4.79 Å². The van der Waals surface area contributed by atoms with E-state index >= 15 is 0 Å². The molecule has 1 amide bonds. The largest absolute Gasteiger partial charge is 0.479 e. The molecule has 0 aromatic heterocycles. The molecule has 1 aliphatic heterocycles. The molecular formula is C14H17NO8. The number of amides is 1. The Bertz CT molecular complexity index is 575. The summed E-state index contributed by atoms with van der Waals surface area (Å²) in [6, 6.07) is 6.00. The number of carbonyl (C=O) groups is 2. The Hall–Kier alpha value is -2.20. The number of ether oxygens (including phenoxy) is 2. The molecule has 0 radical (unpaired) electrons. The van der Waals surface area contributed by atoms with E-state index in [1.54, 1.807) is 0 Å². The molecule has 9 heteroatoms. The van der Waals surface area contributed by atoms with Crippen molar-refractivity contribution in [1.29, 1.82) is 0 Å². The minimum atomic E-state index is -1.77. The zero-order valence-corrected chi connectivity index (χ0v) is 12.1. The van der Waals surface area contributed by atoms with Crippen molar-refractivity contribution in [1.82, 2.24) is 0 Å². The normalized spacial score (nSPS) is 30.5. The SMILES string of the molecule is CC(=O)Nc1ccc(O[C@H]2O[C@@H](C(=O)O)[C@@H](O)[C@@H](O)[C@H]2O)cc1. The van der Waals surface area contributed by atoms with Crippen molar-refractivity contribution in [3.05, 3.63) is 24.3 Å². The average molecular weight is 327 g/mol. The molecule has 0 spiro atoms. The van der Waals surface area contributed by atoms with E-state index in [4.69, 9.17) is 14.6 Å². The van der Waals surface area contributed by atoms with Crippen LogP contribution < -0.4 is 10.1 Å². The number of aliphatic carboxylic acids is 1. The van der Waals surface area contributed by atoms with Crippen LogP contribution in [0.4, 0.5) is 5.69 Å². The number of carboxylic acid groups (broad SMARTS) is 1. The highest BCUT2D eigenvalue weighted by atomic mass is 16.7. The lowest BCUT2D eigenvalue weighted by atomic mass is 9.99. The number of aliphatic hydroxyl groups is 3. The first-order valence-corrected chi connectivity index (χ1v) is 6.76. The zero-order chi connectivity index (χ0) is 17.1. The first-order valence-electron chi connectivity index (χ1n) is 6.76. The molecule has 9 nitrogen and oxygen atoms in total. The molecule has 2 rings (SSSR count). The minimum Gasteiger partial charge on any atom is -0.479 e. The van der Waals surface area contributed by atoms with Crippen LogP contribution in [0.1, 0.15) is 6.92 Å². The Balaban J connectivity index is 2.08. The number of carboxylic acids is 1. The van der Waals surface area contributed by atoms with Crippen LogP contribution in [0.2, 0.25) is 0 Å². The van der Waals surface area contributed by atoms with E-state index in [0.717, 1.165) is 0 Å². The Labute approximate surface area is 131 Å². The van der Waals surface area contributed by atoms with E-state index in [9.17, 15) is 24.9 Å². The van der Waals surface area contributed by atoms with Gasteiger partial charge in [-0.1, -0.05) is 0 Å². The van der Waals surface area contributed by atoms with Gasteiger partial charge in [0.15, 0.2) is 6.10 Å². The number of carbonyl (C=O) groups excluding carboxylic acids is 1. The summed E-state index contributed by atoms with van der Waals surface area (Å²) in [5, 5.41) is 40.6. The monoisotopic (exact) mass is 327 g/mol. The highest BCUT2D eigenvalue weighted by molar-refractivity contribution is 5.88. The fraction of sp³-hybridized carbons (Fsp3) is 0.429. The molecule has 1 aliphatic rings. The van der Waals surface area contributed by atoms with Gasteiger partial charge in [0.25, 0.3) is 0 Å². The molecule has 1 heterocycles. The maximum absolute atomic E-state index is 11.0. The van der Waals surface area contributed by atoms with Gasteiger partial charge >= 0.3 is 5.97 Å². The molecule has 0 aliphatic carbocycles. The smallest absolute Gasteiger partial charge is 0.335 e. The lowest BCUT2D eigenvalue weighted by Crippen LogP contribution is -2.61. The lowest BCUT2D eigenvalue weighted by Gasteiger charge is -2.38. The van der Waals surface area contributed by atoms with Crippen LogP contribution in [0, 0.1) is 0 Å². The van der Waals surface area contributed by atoms with Crippen LogP contribution in [-0.4, -0.2) is 63.0 Å². The number of benzene rings is 1. The highest BCUT2D eigenvalue weighted by Gasteiger charge is 2.48. The Morgan fingerprint density at radius 2 is 1.70 bits per heavy atom. The van der Waals surface area contributed by atoms with Crippen LogP contribution in [0.15, 0.2) is 24.3 Å². The summed E-state index contributed by atoms with van der Waals surface area (Å²) >= 11 is 0. The number of nitrogens with one attached hydrogen (secondary N) is 1. The predicted octanol–water partition coefficient (Wildman–Crippen LogP) is -1.08. The van der Waals surface area contributed by atoms with Crippen molar-refractivity contribution in [3.8, 4) is 5.75 Å². The second-order valence-electron chi connectivity index (χ2n) is 5.06. The fourth-order valence-corrected chi connectivity index (χ4v) is 2.10. The van der Waals surface area contributed by atoms with E-state index < -0.39 is 36.7 Å². The molecular weight excluding hydrogens is 310 g/mol. The van der Waals surface area contributed by atoms with Crippen molar-refractivity contribution in [2.45, 2.75) is 37.6 Å². The van der Waals surface area contributed by atoms with E-state index in [-0.39, 0.29) is 11.7 Å². The Kier molecular flexibility index (Phi) is 5.16. The van der Waals surface area contributed by atoms with Gasteiger partial charge in [0.05, 0.1) is 0 Å². The van der Waals surface area contributed by atoms with Gasteiger partial charge in [-0.2, -0.15) is 0 Å². The molecule has 126 valence electrons. The maximum atomic E-state index is 11.0. The van der Waals surface area contributed by atoms with Gasteiger partial charge in [-0.15, -0.1) is 0 Å². The lowest BCUT2D eigenvalue weighted by molar-refractivity contribution is -0.271. The van der Waals surface area contributed by atoms with Crippen LogP contribution in [0.25, 0.3) is 0 Å². The second-order valence-corrected chi connectivity index (χ2v) is 5.06. The summed E-state index contributed by atoms with van der Waals surface area (Å²) in [7, 11) is 0. The predicted molar refractivity (Wildman–Crippen MR) is 75.7 cm³/mol. The van der Waals surface area contributed by atoms with Gasteiger partial charge in [0.1, 0.15) is 24.1 Å². The third-order valence-electron chi connectivity index (χ3n) is 3.24. The molecule has 5 atom stereocenters. The van der Waals surface area contributed by atoms with Crippen molar-refractivity contribution in [3.63, 3.8) is 0 Å². The molecule has 1 aromatic rings. The fourth-order valence-electron chi connectivity index (χ4n) is 2.10. The minimum absolute atomic E-state index is 0.218. The zero-order valence-electron chi connectivity index (χ0n) is 12.1. The topological polar surface area (TPSA) is 146 Å². The maximum Gasteiger partial charge on any atom is 0.335 e. The van der Waals surface area contributed by atoms with E-state index in [0.29, 0.717) is 5.69 Å². The van der Waals surface area contributed by atoms with Crippen LogP contribution >= 0.6 is 0 Å². The Morgan fingerprint density at radius 3 is 2.22 bits per heavy atom. The van der Waals surface area contributed by atoms with Crippen molar-refractivity contribution < 1.29 is 39.5 Å². The molecule has 0 unspecified atom stereocenters. The number of hydrogen-bond acceptors (Lipinski definition) is 7. The van der Waals surface area contributed by atoms with Crippen LogP contribution in [-0.2, 0) is 14.3 Å². The van der Waals surface area contributed by atoms with Gasteiger partial charge in [-0.05, 0) is 24.3 Å². The molecule has 0 bridgehead atoms. The standard InChI is InChI=1S/C14H17NO8/c1-6(16)15-7-2-4-8(5-3-7)22-14-11(19)9(17)10(18)12(23-14)13(20)21/h2-5,9-12,14,17-19H,1H3,(H,15,16)(H,20,21)/t9-,10+,11-,12-,14+/m1/s1. The Morgan fingerprint density at radius 1 is 1.09 bits per heavy atom.